The first-order valence-electron chi connectivity index (χ1n) is 7.27. The van der Waals surface area contributed by atoms with Gasteiger partial charge in [-0.05, 0) is 50.5 Å². The van der Waals surface area contributed by atoms with Crippen LogP contribution in [0.1, 0.15) is 31.4 Å². The highest BCUT2D eigenvalue weighted by Crippen LogP contribution is 2.28. The predicted octanol–water partition coefficient (Wildman–Crippen LogP) is 2.07. The molecular weight excluding hydrogens is 288 g/mol. The van der Waals surface area contributed by atoms with Crippen molar-refractivity contribution < 1.29 is 13.2 Å². The smallest absolute Gasteiger partial charge is 0.243 e. The molecule has 1 heterocycles. The highest BCUT2D eigenvalue weighted by atomic mass is 32.2. The second-order valence-corrected chi connectivity index (χ2v) is 7.63. The summed E-state index contributed by atoms with van der Waals surface area (Å²) in [4.78, 5) is 0.274. The first kappa shape index (κ1) is 16.3. The molecule has 0 radical (unpaired) electrons. The standard InChI is InChI=1S/C15H24N2O3S/c1-5-13-9-20-11(3)8-17(13)21(18,19)14-6-10(2)12(4)15(16)7-14/h6-7,11,13H,5,8-9,16H2,1-4H3. The fourth-order valence-corrected chi connectivity index (χ4v) is 4.45. The van der Waals surface area contributed by atoms with Gasteiger partial charge in [-0.2, -0.15) is 4.31 Å². The normalized spacial score (nSPS) is 24.2. The Bertz CT molecular complexity index is 605. The minimum absolute atomic E-state index is 0.0912. The van der Waals surface area contributed by atoms with Crippen LogP contribution in [0.2, 0.25) is 0 Å². The molecule has 21 heavy (non-hydrogen) atoms. The van der Waals surface area contributed by atoms with Crippen molar-refractivity contribution in [3.8, 4) is 0 Å². The van der Waals surface area contributed by atoms with E-state index >= 15 is 0 Å². The van der Waals surface area contributed by atoms with Gasteiger partial charge in [-0.15, -0.1) is 0 Å². The topological polar surface area (TPSA) is 72.6 Å². The van der Waals surface area contributed by atoms with E-state index in [1.165, 1.54) is 0 Å². The van der Waals surface area contributed by atoms with E-state index in [2.05, 4.69) is 0 Å². The maximum Gasteiger partial charge on any atom is 0.243 e. The minimum Gasteiger partial charge on any atom is -0.398 e. The molecule has 2 atom stereocenters. The van der Waals surface area contributed by atoms with Crippen molar-refractivity contribution >= 4 is 15.7 Å². The van der Waals surface area contributed by atoms with Crippen molar-refractivity contribution in [1.29, 1.82) is 0 Å². The summed E-state index contributed by atoms with van der Waals surface area (Å²) in [6.07, 6.45) is 0.637. The summed E-state index contributed by atoms with van der Waals surface area (Å²) >= 11 is 0. The summed E-state index contributed by atoms with van der Waals surface area (Å²) in [5, 5.41) is 0. The molecule has 0 bridgehead atoms. The molecule has 0 aliphatic carbocycles. The summed E-state index contributed by atoms with van der Waals surface area (Å²) < 4.78 is 33.0. The van der Waals surface area contributed by atoms with Crippen LogP contribution in [0.3, 0.4) is 0 Å². The Balaban J connectivity index is 2.45. The van der Waals surface area contributed by atoms with E-state index in [0.29, 0.717) is 18.8 Å². The van der Waals surface area contributed by atoms with Gasteiger partial charge in [0.15, 0.2) is 0 Å². The maximum atomic E-state index is 12.9. The first-order valence-corrected chi connectivity index (χ1v) is 8.71. The SMILES string of the molecule is CCC1COC(C)CN1S(=O)(=O)c1cc(C)c(C)c(N)c1. The van der Waals surface area contributed by atoms with E-state index in [1.807, 2.05) is 27.7 Å². The molecule has 2 unspecified atom stereocenters. The molecule has 2 N–H and O–H groups in total. The fourth-order valence-electron chi connectivity index (χ4n) is 2.57. The number of benzene rings is 1. The molecule has 118 valence electrons. The van der Waals surface area contributed by atoms with Gasteiger partial charge in [0.1, 0.15) is 0 Å². The predicted molar refractivity (Wildman–Crippen MR) is 83.7 cm³/mol. The molecule has 2 rings (SSSR count). The van der Waals surface area contributed by atoms with Crippen LogP contribution in [0.5, 0.6) is 0 Å². The zero-order chi connectivity index (χ0) is 15.8. The largest absolute Gasteiger partial charge is 0.398 e. The van der Waals surface area contributed by atoms with Gasteiger partial charge in [0.05, 0.1) is 17.6 Å². The summed E-state index contributed by atoms with van der Waals surface area (Å²) in [6, 6.07) is 3.15. The van der Waals surface area contributed by atoms with Gasteiger partial charge in [-0.25, -0.2) is 8.42 Å². The lowest BCUT2D eigenvalue weighted by atomic mass is 10.1. The van der Waals surface area contributed by atoms with Crippen molar-refractivity contribution in [3.63, 3.8) is 0 Å². The quantitative estimate of drug-likeness (QED) is 0.867. The minimum atomic E-state index is -3.54. The molecule has 1 aromatic rings. The summed E-state index contributed by atoms with van der Waals surface area (Å²) in [6.45, 7) is 8.46. The van der Waals surface area contributed by atoms with Crippen LogP contribution in [-0.2, 0) is 14.8 Å². The van der Waals surface area contributed by atoms with Gasteiger partial charge in [0.2, 0.25) is 10.0 Å². The third kappa shape index (κ3) is 3.07. The third-order valence-electron chi connectivity index (χ3n) is 4.18. The number of hydrogen-bond acceptors (Lipinski definition) is 4. The van der Waals surface area contributed by atoms with Crippen molar-refractivity contribution in [1.82, 2.24) is 4.31 Å². The lowest BCUT2D eigenvalue weighted by molar-refractivity contribution is -0.0230. The van der Waals surface area contributed by atoms with Gasteiger partial charge < -0.3 is 10.5 Å². The molecular formula is C15H24N2O3S. The van der Waals surface area contributed by atoms with E-state index < -0.39 is 10.0 Å². The second kappa shape index (κ2) is 5.94. The Morgan fingerprint density at radius 1 is 1.38 bits per heavy atom. The summed E-state index contributed by atoms with van der Waals surface area (Å²) in [5.74, 6) is 0. The third-order valence-corrected chi connectivity index (χ3v) is 6.07. The fraction of sp³-hybridized carbons (Fsp3) is 0.600. The highest BCUT2D eigenvalue weighted by Gasteiger charge is 2.35. The van der Waals surface area contributed by atoms with Crippen molar-refractivity contribution in [2.24, 2.45) is 0 Å². The Hall–Kier alpha value is -1.11. The van der Waals surface area contributed by atoms with Gasteiger partial charge in [-0.1, -0.05) is 6.92 Å². The molecule has 1 aromatic carbocycles. The molecule has 0 saturated carbocycles. The van der Waals surface area contributed by atoms with Crippen LogP contribution in [-0.4, -0.2) is 38.0 Å². The molecule has 1 aliphatic rings. The molecule has 1 fully saturated rings. The average molecular weight is 312 g/mol. The number of nitrogens with two attached hydrogens (primary N) is 1. The monoisotopic (exact) mass is 312 g/mol. The highest BCUT2D eigenvalue weighted by molar-refractivity contribution is 7.89. The van der Waals surface area contributed by atoms with Gasteiger partial charge in [0, 0.05) is 18.3 Å². The first-order chi connectivity index (χ1) is 9.77. The van der Waals surface area contributed by atoms with Gasteiger partial charge >= 0.3 is 0 Å². The van der Waals surface area contributed by atoms with Crippen molar-refractivity contribution in [3.05, 3.63) is 23.3 Å². The molecule has 5 nitrogen and oxygen atoms in total. The lowest BCUT2D eigenvalue weighted by Gasteiger charge is -2.37. The average Bonchev–Trinajstić information content (AvgIpc) is 2.44. The molecule has 6 heteroatoms. The van der Waals surface area contributed by atoms with Crippen LogP contribution in [0.15, 0.2) is 17.0 Å². The van der Waals surface area contributed by atoms with Crippen molar-refractivity contribution in [2.75, 3.05) is 18.9 Å². The van der Waals surface area contributed by atoms with E-state index in [1.54, 1.807) is 16.4 Å². The Kier molecular flexibility index (Phi) is 4.60. The second-order valence-electron chi connectivity index (χ2n) is 5.74. The Morgan fingerprint density at radius 3 is 2.62 bits per heavy atom. The number of rotatable bonds is 3. The van der Waals surface area contributed by atoms with Crippen LogP contribution in [0, 0.1) is 13.8 Å². The number of ether oxygens (including phenoxy) is 1. The number of sulfonamides is 1. The molecule has 1 aliphatic heterocycles. The molecule has 0 aromatic heterocycles. The summed E-state index contributed by atoms with van der Waals surface area (Å²) in [7, 11) is -3.54. The summed E-state index contributed by atoms with van der Waals surface area (Å²) in [5.41, 5.74) is 8.27. The van der Waals surface area contributed by atoms with Crippen LogP contribution in [0.4, 0.5) is 5.69 Å². The number of nitrogens with zero attached hydrogens (tertiary/aromatic N) is 1. The zero-order valence-corrected chi connectivity index (χ0v) is 13.9. The maximum absolute atomic E-state index is 12.9. The van der Waals surface area contributed by atoms with Crippen LogP contribution >= 0.6 is 0 Å². The van der Waals surface area contributed by atoms with Gasteiger partial charge in [-0.3, -0.25) is 0 Å². The Labute approximate surface area is 127 Å². The van der Waals surface area contributed by atoms with Gasteiger partial charge in [0.25, 0.3) is 0 Å². The number of hydrogen-bond donors (Lipinski definition) is 1. The van der Waals surface area contributed by atoms with E-state index in [4.69, 9.17) is 10.5 Å². The molecule has 0 spiro atoms. The Morgan fingerprint density at radius 2 is 2.05 bits per heavy atom. The van der Waals surface area contributed by atoms with E-state index in [-0.39, 0.29) is 17.0 Å². The number of nitrogen functional groups attached to an aromatic ring is 1. The zero-order valence-electron chi connectivity index (χ0n) is 13.1. The van der Waals surface area contributed by atoms with Crippen molar-refractivity contribution in [2.45, 2.75) is 51.2 Å². The lowest BCUT2D eigenvalue weighted by Crippen LogP contribution is -2.51. The van der Waals surface area contributed by atoms with E-state index in [9.17, 15) is 8.42 Å². The molecule has 1 saturated heterocycles. The van der Waals surface area contributed by atoms with E-state index in [0.717, 1.165) is 17.5 Å². The number of aryl methyl sites for hydroxylation is 1. The van der Waals surface area contributed by atoms with Crippen LogP contribution in [0.25, 0.3) is 0 Å². The molecule has 0 amide bonds. The number of anilines is 1. The number of morpholine rings is 1. The van der Waals surface area contributed by atoms with Crippen LogP contribution < -0.4 is 5.73 Å².